The van der Waals surface area contributed by atoms with Crippen molar-refractivity contribution in [1.82, 2.24) is 14.9 Å². The number of hydrogen-bond donors (Lipinski definition) is 0. The number of nitrogens with zero attached hydrogens (tertiary/aromatic N) is 4. The summed E-state index contributed by atoms with van der Waals surface area (Å²) >= 11 is 0. The molecule has 0 radical (unpaired) electrons. The predicted molar refractivity (Wildman–Crippen MR) is 95.7 cm³/mol. The van der Waals surface area contributed by atoms with Gasteiger partial charge in [0, 0.05) is 31.9 Å². The number of amides is 1. The van der Waals surface area contributed by atoms with Gasteiger partial charge in [0.2, 0.25) is 0 Å². The van der Waals surface area contributed by atoms with Crippen LogP contribution in [0.1, 0.15) is 42.2 Å². The molecule has 5 nitrogen and oxygen atoms in total. The van der Waals surface area contributed by atoms with Gasteiger partial charge in [0.15, 0.2) is 0 Å². The van der Waals surface area contributed by atoms with E-state index < -0.39 is 0 Å². The molecule has 0 aliphatic carbocycles. The number of benzene rings is 1. The molecule has 0 bridgehead atoms. The molecule has 0 saturated carbocycles. The molecule has 2 heterocycles. The van der Waals surface area contributed by atoms with E-state index in [-0.39, 0.29) is 5.91 Å². The molecule has 0 saturated heterocycles. The summed E-state index contributed by atoms with van der Waals surface area (Å²) in [7, 11) is 1.83. The molecule has 24 heavy (non-hydrogen) atoms. The predicted octanol–water partition coefficient (Wildman–Crippen LogP) is 3.43. The molecule has 1 aliphatic heterocycles. The van der Waals surface area contributed by atoms with E-state index in [4.69, 9.17) is 0 Å². The number of fused-ring (bicyclic) bond motifs is 1. The highest BCUT2D eigenvalue weighted by atomic mass is 16.2. The first kappa shape index (κ1) is 16.4. The molecule has 0 N–H and O–H groups in total. The third-order valence-corrected chi connectivity index (χ3v) is 4.45. The summed E-state index contributed by atoms with van der Waals surface area (Å²) in [5, 5.41) is 0. The molecule has 2 aromatic rings. The Morgan fingerprint density at radius 2 is 2.12 bits per heavy atom. The first-order valence-electron chi connectivity index (χ1n) is 8.63. The Morgan fingerprint density at radius 1 is 1.29 bits per heavy atom. The number of carbonyl (C=O) groups is 1. The van der Waals surface area contributed by atoms with Crippen molar-refractivity contribution in [2.24, 2.45) is 0 Å². The van der Waals surface area contributed by atoms with Crippen LogP contribution in [0.15, 0.2) is 36.7 Å². The van der Waals surface area contributed by atoms with Gasteiger partial charge in [0.1, 0.15) is 17.8 Å². The second-order valence-electron chi connectivity index (χ2n) is 6.23. The maximum atomic E-state index is 12.5. The van der Waals surface area contributed by atoms with Gasteiger partial charge in [0.05, 0.1) is 0 Å². The Bertz CT molecular complexity index is 716. The number of aryl methyl sites for hydroxylation is 1. The average molecular weight is 324 g/mol. The number of anilines is 2. The van der Waals surface area contributed by atoms with Crippen LogP contribution in [0.2, 0.25) is 0 Å². The SMILES string of the molecule is CCCCN(C)C(=O)c1cc(N2CCCc3ccccc32)ncn1. The molecule has 0 unspecified atom stereocenters. The van der Waals surface area contributed by atoms with Crippen molar-refractivity contribution in [2.45, 2.75) is 32.6 Å². The minimum absolute atomic E-state index is 0.0441. The molecule has 1 aromatic heterocycles. The standard InChI is InChI=1S/C19H24N4O/c1-3-4-11-22(2)19(24)16-13-18(21-14-20-16)23-12-7-9-15-8-5-6-10-17(15)23/h5-6,8,10,13-14H,3-4,7,9,11-12H2,1-2H3. The third-order valence-electron chi connectivity index (χ3n) is 4.45. The first-order valence-corrected chi connectivity index (χ1v) is 8.63. The second kappa shape index (κ2) is 7.43. The Balaban J connectivity index is 1.85. The number of hydrogen-bond acceptors (Lipinski definition) is 4. The topological polar surface area (TPSA) is 49.3 Å². The van der Waals surface area contributed by atoms with Crippen molar-refractivity contribution in [3.8, 4) is 0 Å². The van der Waals surface area contributed by atoms with Crippen LogP contribution in [-0.4, -0.2) is 40.9 Å². The van der Waals surface area contributed by atoms with E-state index in [0.29, 0.717) is 5.69 Å². The van der Waals surface area contributed by atoms with E-state index in [1.807, 2.05) is 19.2 Å². The Hall–Kier alpha value is -2.43. The zero-order valence-electron chi connectivity index (χ0n) is 14.4. The molecule has 3 rings (SSSR count). The van der Waals surface area contributed by atoms with Gasteiger partial charge < -0.3 is 9.80 Å². The molecular formula is C19H24N4O. The summed E-state index contributed by atoms with van der Waals surface area (Å²) in [4.78, 5) is 25.1. The van der Waals surface area contributed by atoms with Crippen molar-refractivity contribution >= 4 is 17.4 Å². The van der Waals surface area contributed by atoms with E-state index in [9.17, 15) is 4.79 Å². The maximum absolute atomic E-state index is 12.5. The highest BCUT2D eigenvalue weighted by Crippen LogP contribution is 2.32. The summed E-state index contributed by atoms with van der Waals surface area (Å²) < 4.78 is 0. The molecule has 1 aromatic carbocycles. The lowest BCUT2D eigenvalue weighted by Crippen LogP contribution is -2.29. The van der Waals surface area contributed by atoms with Crippen molar-refractivity contribution in [3.63, 3.8) is 0 Å². The van der Waals surface area contributed by atoms with E-state index in [0.717, 1.165) is 44.6 Å². The zero-order valence-corrected chi connectivity index (χ0v) is 14.4. The van der Waals surface area contributed by atoms with Gasteiger partial charge in [-0.3, -0.25) is 4.79 Å². The fraction of sp³-hybridized carbons (Fsp3) is 0.421. The molecule has 1 aliphatic rings. The summed E-state index contributed by atoms with van der Waals surface area (Å²) in [6.07, 6.45) is 5.73. The van der Waals surface area contributed by atoms with Crippen LogP contribution in [0.4, 0.5) is 11.5 Å². The van der Waals surface area contributed by atoms with Crippen molar-refractivity contribution < 1.29 is 4.79 Å². The first-order chi connectivity index (χ1) is 11.7. The number of carbonyl (C=O) groups excluding carboxylic acids is 1. The van der Waals surface area contributed by atoms with E-state index in [2.05, 4.69) is 40.0 Å². The number of rotatable bonds is 5. The summed E-state index contributed by atoms with van der Waals surface area (Å²) in [6, 6.07) is 10.2. The number of unbranched alkanes of at least 4 members (excludes halogenated alkanes) is 1. The summed E-state index contributed by atoms with van der Waals surface area (Å²) in [5.74, 6) is 0.752. The molecule has 0 atom stereocenters. The van der Waals surface area contributed by atoms with Crippen LogP contribution in [0.3, 0.4) is 0 Å². The molecule has 5 heteroatoms. The Morgan fingerprint density at radius 3 is 2.96 bits per heavy atom. The highest BCUT2D eigenvalue weighted by molar-refractivity contribution is 5.93. The van der Waals surface area contributed by atoms with Crippen LogP contribution < -0.4 is 4.90 Å². The lowest BCUT2D eigenvalue weighted by Gasteiger charge is -2.30. The highest BCUT2D eigenvalue weighted by Gasteiger charge is 2.21. The van der Waals surface area contributed by atoms with Crippen LogP contribution in [0.5, 0.6) is 0 Å². The van der Waals surface area contributed by atoms with E-state index >= 15 is 0 Å². The van der Waals surface area contributed by atoms with Crippen molar-refractivity contribution in [1.29, 1.82) is 0 Å². The molecular weight excluding hydrogens is 300 g/mol. The van der Waals surface area contributed by atoms with Crippen molar-refractivity contribution in [3.05, 3.63) is 47.9 Å². The number of aromatic nitrogens is 2. The minimum Gasteiger partial charge on any atom is -0.340 e. The monoisotopic (exact) mass is 324 g/mol. The maximum Gasteiger partial charge on any atom is 0.272 e. The minimum atomic E-state index is -0.0441. The van der Waals surface area contributed by atoms with Gasteiger partial charge in [-0.1, -0.05) is 31.5 Å². The summed E-state index contributed by atoms with van der Waals surface area (Å²) in [6.45, 7) is 3.78. The normalized spacial score (nSPS) is 13.5. The van der Waals surface area contributed by atoms with Gasteiger partial charge in [0.25, 0.3) is 5.91 Å². The quantitative estimate of drug-likeness (QED) is 0.845. The summed E-state index contributed by atoms with van der Waals surface area (Å²) in [5.41, 5.74) is 2.97. The van der Waals surface area contributed by atoms with Crippen LogP contribution in [0, 0.1) is 0 Å². The fourth-order valence-corrected chi connectivity index (χ4v) is 3.08. The van der Waals surface area contributed by atoms with Gasteiger partial charge in [-0.15, -0.1) is 0 Å². The zero-order chi connectivity index (χ0) is 16.9. The molecule has 0 spiro atoms. The van der Waals surface area contributed by atoms with Crippen molar-refractivity contribution in [2.75, 3.05) is 25.0 Å². The van der Waals surface area contributed by atoms with Crippen LogP contribution >= 0.6 is 0 Å². The molecule has 0 fully saturated rings. The van der Waals surface area contributed by atoms with Gasteiger partial charge in [-0.05, 0) is 30.9 Å². The lowest BCUT2D eigenvalue weighted by molar-refractivity contribution is 0.0787. The second-order valence-corrected chi connectivity index (χ2v) is 6.23. The molecule has 1 amide bonds. The van der Waals surface area contributed by atoms with E-state index in [1.54, 1.807) is 4.90 Å². The molecule has 126 valence electrons. The van der Waals surface area contributed by atoms with Gasteiger partial charge in [-0.25, -0.2) is 9.97 Å². The smallest absolute Gasteiger partial charge is 0.272 e. The largest absolute Gasteiger partial charge is 0.340 e. The van der Waals surface area contributed by atoms with Crippen LogP contribution in [-0.2, 0) is 6.42 Å². The Kier molecular flexibility index (Phi) is 5.08. The van der Waals surface area contributed by atoms with Crippen LogP contribution in [0.25, 0.3) is 0 Å². The average Bonchev–Trinajstić information content (AvgIpc) is 2.65. The Labute approximate surface area is 143 Å². The van der Waals surface area contributed by atoms with Gasteiger partial charge >= 0.3 is 0 Å². The lowest BCUT2D eigenvalue weighted by atomic mass is 10.0. The van der Waals surface area contributed by atoms with Gasteiger partial charge in [-0.2, -0.15) is 0 Å². The fourth-order valence-electron chi connectivity index (χ4n) is 3.08. The third kappa shape index (κ3) is 3.40. The number of para-hydroxylation sites is 1. The van der Waals surface area contributed by atoms with E-state index in [1.165, 1.54) is 17.6 Å².